The fraction of sp³-hybridized carbons (Fsp3) is 0.278. The maximum absolute atomic E-state index is 12.8. The van der Waals surface area contributed by atoms with Crippen LogP contribution in [0.15, 0.2) is 59.5 Å². The average Bonchev–Trinajstić information content (AvgIpc) is 2.61. The molecule has 2 aromatic rings. The third-order valence-electron chi connectivity index (χ3n) is 3.62. The van der Waals surface area contributed by atoms with Crippen molar-refractivity contribution in [2.45, 2.75) is 30.5 Å². The number of ether oxygens (including phenoxy) is 1. The molecule has 27 heavy (non-hydrogen) atoms. The molecule has 0 aromatic heterocycles. The molecule has 9 heteroatoms. The molecule has 1 unspecified atom stereocenters. The summed E-state index contributed by atoms with van der Waals surface area (Å²) in [6, 6.07) is 10.6. The molecule has 146 valence electrons. The maximum Gasteiger partial charge on any atom is 0.416 e. The van der Waals surface area contributed by atoms with E-state index >= 15 is 0 Å². The van der Waals surface area contributed by atoms with Gasteiger partial charge in [0.15, 0.2) is 0 Å². The molecule has 5 nitrogen and oxygen atoms in total. The van der Waals surface area contributed by atoms with Crippen molar-refractivity contribution in [1.29, 1.82) is 0 Å². The van der Waals surface area contributed by atoms with Gasteiger partial charge in [0.05, 0.1) is 17.1 Å². The standard InChI is InChI=1S/C18H18F3NO4S/c1-2-26-17(23)16(11-13-7-4-3-5-8-13)22-27(24,25)15-10-6-9-14(12-15)18(19,20)21/h3-10,12,16,22H,2,11H2,1H3. The summed E-state index contributed by atoms with van der Waals surface area (Å²) < 4.78 is 70.6. The number of halogens is 3. The Labute approximate surface area is 155 Å². The van der Waals surface area contributed by atoms with Gasteiger partial charge in [0.25, 0.3) is 0 Å². The first-order chi connectivity index (χ1) is 12.6. The molecule has 0 aliphatic rings. The smallest absolute Gasteiger partial charge is 0.416 e. The largest absolute Gasteiger partial charge is 0.465 e. The van der Waals surface area contributed by atoms with E-state index in [1.165, 1.54) is 0 Å². The number of carbonyl (C=O) groups excluding carboxylic acids is 1. The van der Waals surface area contributed by atoms with E-state index in [4.69, 9.17) is 4.74 Å². The molecule has 0 saturated carbocycles. The second-order valence-electron chi connectivity index (χ2n) is 5.64. The van der Waals surface area contributed by atoms with E-state index in [1.807, 2.05) is 0 Å². The lowest BCUT2D eigenvalue weighted by Gasteiger charge is -2.18. The lowest BCUT2D eigenvalue weighted by atomic mass is 10.1. The topological polar surface area (TPSA) is 72.5 Å². The number of esters is 1. The normalized spacial score (nSPS) is 13.2. The molecule has 0 heterocycles. The van der Waals surface area contributed by atoms with Crippen LogP contribution in [-0.2, 0) is 32.2 Å². The van der Waals surface area contributed by atoms with Gasteiger partial charge in [-0.05, 0) is 37.1 Å². The Kier molecular flexibility index (Phi) is 6.61. The molecule has 2 aromatic carbocycles. The fourth-order valence-electron chi connectivity index (χ4n) is 2.36. The monoisotopic (exact) mass is 401 g/mol. The second kappa shape index (κ2) is 8.53. The fourth-order valence-corrected chi connectivity index (χ4v) is 3.59. The number of alkyl halides is 3. The van der Waals surface area contributed by atoms with Gasteiger partial charge >= 0.3 is 12.1 Å². The summed E-state index contributed by atoms with van der Waals surface area (Å²) in [7, 11) is -4.38. The van der Waals surface area contributed by atoms with Crippen LogP contribution >= 0.6 is 0 Å². The van der Waals surface area contributed by atoms with Gasteiger partial charge in [-0.15, -0.1) is 0 Å². The Morgan fingerprint density at radius 3 is 2.37 bits per heavy atom. The third-order valence-corrected chi connectivity index (χ3v) is 5.09. The van der Waals surface area contributed by atoms with Gasteiger partial charge in [0, 0.05) is 0 Å². The number of rotatable bonds is 7. The lowest BCUT2D eigenvalue weighted by Crippen LogP contribution is -2.43. The van der Waals surface area contributed by atoms with Crippen molar-refractivity contribution < 1.29 is 31.1 Å². The van der Waals surface area contributed by atoms with Crippen LogP contribution in [0.2, 0.25) is 0 Å². The van der Waals surface area contributed by atoms with Crippen LogP contribution in [0.3, 0.4) is 0 Å². The third kappa shape index (κ3) is 5.80. The van der Waals surface area contributed by atoms with Crippen LogP contribution in [-0.4, -0.2) is 27.0 Å². The van der Waals surface area contributed by atoms with Crippen molar-refractivity contribution in [2.75, 3.05) is 6.61 Å². The van der Waals surface area contributed by atoms with Gasteiger partial charge in [-0.1, -0.05) is 36.4 Å². The van der Waals surface area contributed by atoms with E-state index in [-0.39, 0.29) is 13.0 Å². The van der Waals surface area contributed by atoms with Crippen LogP contribution in [0.5, 0.6) is 0 Å². The maximum atomic E-state index is 12.8. The SMILES string of the molecule is CCOC(=O)C(Cc1ccccc1)NS(=O)(=O)c1cccc(C(F)(F)F)c1. The van der Waals surface area contributed by atoms with Crippen molar-refractivity contribution in [3.63, 3.8) is 0 Å². The molecule has 0 bridgehead atoms. The minimum Gasteiger partial charge on any atom is -0.465 e. The molecular formula is C18H18F3NO4S. The number of sulfonamides is 1. The number of benzene rings is 2. The first-order valence-electron chi connectivity index (χ1n) is 8.03. The highest BCUT2D eigenvalue weighted by Gasteiger charge is 2.33. The highest BCUT2D eigenvalue weighted by Crippen LogP contribution is 2.30. The van der Waals surface area contributed by atoms with E-state index in [9.17, 15) is 26.4 Å². The minimum absolute atomic E-state index is 0.00212. The van der Waals surface area contributed by atoms with Crippen LogP contribution in [0.4, 0.5) is 13.2 Å². The van der Waals surface area contributed by atoms with Gasteiger partial charge in [-0.25, -0.2) is 8.42 Å². The Hall–Kier alpha value is -2.39. The van der Waals surface area contributed by atoms with E-state index in [2.05, 4.69) is 4.72 Å². The van der Waals surface area contributed by atoms with Gasteiger partial charge in [-0.3, -0.25) is 4.79 Å². The van der Waals surface area contributed by atoms with E-state index in [0.717, 1.165) is 18.2 Å². The van der Waals surface area contributed by atoms with Gasteiger partial charge in [0.2, 0.25) is 10.0 Å². The van der Waals surface area contributed by atoms with Gasteiger partial charge < -0.3 is 4.74 Å². The summed E-state index contributed by atoms with van der Waals surface area (Å²) in [5.74, 6) is -0.808. The Morgan fingerprint density at radius 2 is 1.78 bits per heavy atom. The Bertz CT molecular complexity index is 883. The zero-order valence-electron chi connectivity index (χ0n) is 14.4. The molecule has 0 aliphatic carbocycles. The number of hydrogen-bond donors (Lipinski definition) is 1. The highest BCUT2D eigenvalue weighted by molar-refractivity contribution is 7.89. The van der Waals surface area contributed by atoms with Gasteiger partial charge in [0.1, 0.15) is 6.04 Å². The number of hydrogen-bond acceptors (Lipinski definition) is 4. The molecule has 1 N–H and O–H groups in total. The molecule has 0 amide bonds. The predicted molar refractivity (Wildman–Crippen MR) is 92.3 cm³/mol. The van der Waals surface area contributed by atoms with E-state index < -0.39 is 38.7 Å². The number of carbonyl (C=O) groups is 1. The summed E-state index contributed by atoms with van der Waals surface area (Å²) in [5.41, 5.74) is -0.427. The van der Waals surface area contributed by atoms with Crippen molar-refractivity contribution in [3.05, 3.63) is 65.7 Å². The first kappa shape index (κ1) is 20.9. The summed E-state index contributed by atoms with van der Waals surface area (Å²) in [6.07, 6.45) is -4.69. The van der Waals surface area contributed by atoms with E-state index in [0.29, 0.717) is 11.6 Å². The lowest BCUT2D eigenvalue weighted by molar-refractivity contribution is -0.145. The second-order valence-corrected chi connectivity index (χ2v) is 7.36. The zero-order valence-corrected chi connectivity index (χ0v) is 15.2. The molecular weight excluding hydrogens is 383 g/mol. The summed E-state index contributed by atoms with van der Waals surface area (Å²) in [4.78, 5) is 11.6. The molecule has 1 atom stereocenters. The zero-order chi connectivity index (χ0) is 20.1. The average molecular weight is 401 g/mol. The van der Waals surface area contributed by atoms with Crippen molar-refractivity contribution in [2.24, 2.45) is 0 Å². The molecule has 2 rings (SSSR count). The molecule has 0 fully saturated rings. The van der Waals surface area contributed by atoms with Crippen LogP contribution in [0, 0.1) is 0 Å². The van der Waals surface area contributed by atoms with Crippen LogP contribution in [0.1, 0.15) is 18.1 Å². The predicted octanol–water partition coefficient (Wildman–Crippen LogP) is 3.16. The molecule has 0 saturated heterocycles. The van der Waals surface area contributed by atoms with Crippen molar-refractivity contribution in [3.8, 4) is 0 Å². The first-order valence-corrected chi connectivity index (χ1v) is 9.52. The summed E-state index contributed by atoms with van der Waals surface area (Å²) in [5, 5.41) is 0. The van der Waals surface area contributed by atoms with E-state index in [1.54, 1.807) is 37.3 Å². The van der Waals surface area contributed by atoms with Crippen LogP contribution in [0.25, 0.3) is 0 Å². The van der Waals surface area contributed by atoms with Gasteiger partial charge in [-0.2, -0.15) is 17.9 Å². The summed E-state index contributed by atoms with van der Waals surface area (Å²) in [6.45, 7) is 1.61. The van der Waals surface area contributed by atoms with Crippen molar-refractivity contribution >= 4 is 16.0 Å². The molecule has 0 radical (unpaired) electrons. The summed E-state index contributed by atoms with van der Waals surface area (Å²) >= 11 is 0. The van der Waals surface area contributed by atoms with Crippen LogP contribution < -0.4 is 4.72 Å². The molecule has 0 aliphatic heterocycles. The van der Waals surface area contributed by atoms with Crippen molar-refractivity contribution in [1.82, 2.24) is 4.72 Å². The molecule has 0 spiro atoms. The quantitative estimate of drug-likeness (QED) is 0.724. The Balaban J connectivity index is 2.31. The highest BCUT2D eigenvalue weighted by atomic mass is 32.2. The minimum atomic E-state index is -4.68. The number of nitrogens with one attached hydrogen (secondary N) is 1. The Morgan fingerprint density at radius 1 is 1.11 bits per heavy atom.